The van der Waals surface area contributed by atoms with Crippen LogP contribution in [0.15, 0.2) is 12.2 Å². The Bertz CT molecular complexity index is 308. The second-order valence-electron chi connectivity index (χ2n) is 4.12. The second-order valence-corrected chi connectivity index (χ2v) is 4.12. The lowest BCUT2D eigenvalue weighted by atomic mass is 9.64. The van der Waals surface area contributed by atoms with E-state index in [4.69, 9.17) is 0 Å². The molecule has 3 unspecified atom stereocenters. The Kier molecular flexibility index (Phi) is 3.17. The van der Waals surface area contributed by atoms with E-state index in [1.54, 1.807) is 13.8 Å². The quantitative estimate of drug-likeness (QED) is 0.556. The smallest absolute Gasteiger partial charge is 0.310 e. The molecule has 1 aliphatic rings. The molecule has 0 aromatic carbocycles. The van der Waals surface area contributed by atoms with E-state index in [-0.39, 0.29) is 5.92 Å². The maximum Gasteiger partial charge on any atom is 0.310 e. The summed E-state index contributed by atoms with van der Waals surface area (Å²) in [4.78, 5) is 22.8. The predicted molar refractivity (Wildman–Crippen MR) is 54.2 cm³/mol. The molecule has 0 aliphatic heterocycles. The van der Waals surface area contributed by atoms with E-state index >= 15 is 0 Å². The molecule has 84 valence electrons. The summed E-state index contributed by atoms with van der Waals surface area (Å²) in [6.07, 6.45) is 4.12. The van der Waals surface area contributed by atoms with Crippen LogP contribution in [-0.4, -0.2) is 24.2 Å². The number of hydrogen-bond donors (Lipinski definition) is 1. The average molecular weight is 212 g/mol. The number of hydrogen-bond acceptors (Lipinski definition) is 3. The highest BCUT2D eigenvalue weighted by molar-refractivity contribution is 5.85. The van der Waals surface area contributed by atoms with Crippen LogP contribution < -0.4 is 0 Å². The summed E-state index contributed by atoms with van der Waals surface area (Å²) in [7, 11) is 1.29. The maximum atomic E-state index is 11.5. The van der Waals surface area contributed by atoms with Gasteiger partial charge in [-0.3, -0.25) is 9.59 Å². The standard InChI is InChI=1S/C11H16O4/c1-7-5-4-6-8(9(12)15-3)11(7,2)10(13)14/h4-5,7-8H,6H2,1-3H3,(H,13,14). The van der Waals surface area contributed by atoms with Gasteiger partial charge >= 0.3 is 11.9 Å². The van der Waals surface area contributed by atoms with Gasteiger partial charge in [0.25, 0.3) is 0 Å². The molecule has 0 amide bonds. The van der Waals surface area contributed by atoms with Crippen molar-refractivity contribution in [1.82, 2.24) is 0 Å². The Morgan fingerprint density at radius 1 is 1.53 bits per heavy atom. The third-order valence-corrected chi connectivity index (χ3v) is 3.41. The van der Waals surface area contributed by atoms with Crippen LogP contribution in [0.25, 0.3) is 0 Å². The summed E-state index contributed by atoms with van der Waals surface area (Å²) in [5, 5.41) is 9.24. The molecule has 0 saturated carbocycles. The van der Waals surface area contributed by atoms with Crippen molar-refractivity contribution in [3.63, 3.8) is 0 Å². The van der Waals surface area contributed by atoms with Crippen LogP contribution in [-0.2, 0) is 14.3 Å². The van der Waals surface area contributed by atoms with Crippen LogP contribution in [0, 0.1) is 17.3 Å². The molecule has 0 aromatic rings. The van der Waals surface area contributed by atoms with E-state index < -0.39 is 23.3 Å². The van der Waals surface area contributed by atoms with Crippen molar-refractivity contribution in [2.75, 3.05) is 7.11 Å². The number of carboxylic acid groups (broad SMARTS) is 1. The molecule has 3 atom stereocenters. The molecule has 15 heavy (non-hydrogen) atoms. The molecule has 0 aromatic heterocycles. The normalized spacial score (nSPS) is 34.9. The van der Waals surface area contributed by atoms with Gasteiger partial charge in [-0.15, -0.1) is 0 Å². The third-order valence-electron chi connectivity index (χ3n) is 3.41. The average Bonchev–Trinajstić information content (AvgIpc) is 2.20. The maximum absolute atomic E-state index is 11.5. The van der Waals surface area contributed by atoms with Crippen LogP contribution in [0.5, 0.6) is 0 Å². The van der Waals surface area contributed by atoms with E-state index in [1.807, 2.05) is 12.2 Å². The van der Waals surface area contributed by atoms with E-state index in [0.29, 0.717) is 6.42 Å². The number of methoxy groups -OCH3 is 1. The second kappa shape index (κ2) is 4.04. The lowest BCUT2D eigenvalue weighted by Gasteiger charge is -2.38. The molecule has 0 spiro atoms. The van der Waals surface area contributed by atoms with E-state index in [1.165, 1.54) is 7.11 Å². The van der Waals surface area contributed by atoms with Gasteiger partial charge < -0.3 is 9.84 Å². The van der Waals surface area contributed by atoms with Crippen molar-refractivity contribution >= 4 is 11.9 Å². The zero-order valence-corrected chi connectivity index (χ0v) is 9.19. The van der Waals surface area contributed by atoms with Crippen LogP contribution in [0.2, 0.25) is 0 Å². The number of carboxylic acids is 1. The number of carbonyl (C=O) groups excluding carboxylic acids is 1. The summed E-state index contributed by atoms with van der Waals surface area (Å²) in [5.74, 6) is -2.17. The highest BCUT2D eigenvalue weighted by Crippen LogP contribution is 2.42. The molecule has 0 saturated heterocycles. The van der Waals surface area contributed by atoms with E-state index in [0.717, 1.165) is 0 Å². The number of esters is 1. The number of carbonyl (C=O) groups is 2. The Balaban J connectivity index is 3.10. The summed E-state index contributed by atoms with van der Waals surface area (Å²) in [6, 6.07) is 0. The van der Waals surface area contributed by atoms with E-state index in [2.05, 4.69) is 4.74 Å². The summed E-state index contributed by atoms with van der Waals surface area (Å²) in [6.45, 7) is 3.41. The minimum atomic E-state index is -1.07. The van der Waals surface area contributed by atoms with Gasteiger partial charge in [-0.1, -0.05) is 19.1 Å². The highest BCUT2D eigenvalue weighted by Gasteiger charge is 2.50. The van der Waals surface area contributed by atoms with Crippen LogP contribution in [0.4, 0.5) is 0 Å². The first-order valence-electron chi connectivity index (χ1n) is 4.92. The van der Waals surface area contributed by atoms with Crippen molar-refractivity contribution in [3.05, 3.63) is 12.2 Å². The Labute approximate surface area is 88.9 Å². The molecule has 4 heteroatoms. The number of aliphatic carboxylic acids is 1. The Hall–Kier alpha value is -1.32. The highest BCUT2D eigenvalue weighted by atomic mass is 16.5. The van der Waals surface area contributed by atoms with E-state index in [9.17, 15) is 14.7 Å². The molecule has 0 fully saturated rings. The lowest BCUT2D eigenvalue weighted by Crippen LogP contribution is -2.46. The first-order valence-corrected chi connectivity index (χ1v) is 4.92. The van der Waals surface area contributed by atoms with Crippen LogP contribution >= 0.6 is 0 Å². The molecule has 0 radical (unpaired) electrons. The minimum Gasteiger partial charge on any atom is -0.481 e. The van der Waals surface area contributed by atoms with Gasteiger partial charge in [-0.2, -0.15) is 0 Å². The largest absolute Gasteiger partial charge is 0.481 e. The molecule has 1 N–H and O–H groups in total. The molecule has 0 bridgehead atoms. The monoisotopic (exact) mass is 212 g/mol. The molecular weight excluding hydrogens is 196 g/mol. The van der Waals surface area contributed by atoms with Crippen molar-refractivity contribution in [1.29, 1.82) is 0 Å². The van der Waals surface area contributed by atoms with Crippen molar-refractivity contribution in [2.45, 2.75) is 20.3 Å². The summed E-state index contributed by atoms with van der Waals surface area (Å²) >= 11 is 0. The predicted octanol–water partition coefficient (Wildman–Crippen LogP) is 1.46. The van der Waals surface area contributed by atoms with Crippen molar-refractivity contribution in [2.24, 2.45) is 17.3 Å². The SMILES string of the molecule is COC(=O)C1CC=CC(C)C1(C)C(=O)O. The first-order chi connectivity index (χ1) is 6.94. The third kappa shape index (κ3) is 1.76. The zero-order chi connectivity index (χ0) is 11.6. The zero-order valence-electron chi connectivity index (χ0n) is 9.19. The van der Waals surface area contributed by atoms with Crippen LogP contribution in [0.1, 0.15) is 20.3 Å². The van der Waals surface area contributed by atoms with Gasteiger partial charge in [0.05, 0.1) is 18.4 Å². The molecular formula is C11H16O4. The first kappa shape index (κ1) is 11.8. The fourth-order valence-electron chi connectivity index (χ4n) is 2.01. The summed E-state index contributed by atoms with van der Waals surface area (Å²) in [5.41, 5.74) is -1.07. The van der Waals surface area contributed by atoms with Gasteiger partial charge in [0.2, 0.25) is 0 Å². The molecule has 4 nitrogen and oxygen atoms in total. The van der Waals surface area contributed by atoms with Gasteiger partial charge in [-0.05, 0) is 19.3 Å². The van der Waals surface area contributed by atoms with Crippen molar-refractivity contribution < 1.29 is 19.4 Å². The van der Waals surface area contributed by atoms with Crippen LogP contribution in [0.3, 0.4) is 0 Å². The van der Waals surface area contributed by atoms with Crippen molar-refractivity contribution in [3.8, 4) is 0 Å². The molecule has 1 rings (SSSR count). The van der Waals surface area contributed by atoms with Gasteiger partial charge in [-0.25, -0.2) is 0 Å². The number of ether oxygens (including phenoxy) is 1. The minimum absolute atomic E-state index is 0.173. The van der Waals surface area contributed by atoms with Gasteiger partial charge in [0.15, 0.2) is 0 Å². The fourth-order valence-corrected chi connectivity index (χ4v) is 2.01. The Morgan fingerprint density at radius 3 is 2.60 bits per heavy atom. The number of rotatable bonds is 2. The van der Waals surface area contributed by atoms with Gasteiger partial charge in [0.1, 0.15) is 0 Å². The summed E-state index contributed by atoms with van der Waals surface area (Å²) < 4.78 is 4.65. The number of allylic oxidation sites excluding steroid dienone is 2. The molecule has 0 heterocycles. The Morgan fingerprint density at radius 2 is 2.13 bits per heavy atom. The molecule has 1 aliphatic carbocycles. The topological polar surface area (TPSA) is 63.6 Å². The lowest BCUT2D eigenvalue weighted by molar-refractivity contribution is -0.166. The van der Waals surface area contributed by atoms with Gasteiger partial charge in [0, 0.05) is 0 Å². The fraction of sp³-hybridized carbons (Fsp3) is 0.636.